The number of ether oxygens (including phenoxy) is 1. The lowest BCUT2D eigenvalue weighted by molar-refractivity contribution is -0.118. The van der Waals surface area contributed by atoms with Gasteiger partial charge in [-0.05, 0) is 37.4 Å². The van der Waals surface area contributed by atoms with Crippen molar-refractivity contribution in [3.63, 3.8) is 0 Å². The maximum absolute atomic E-state index is 12.8. The smallest absolute Gasteiger partial charge is 0.262 e. The molecular formula is C16H17FN2O2. The van der Waals surface area contributed by atoms with Crippen molar-refractivity contribution in [3.05, 3.63) is 59.9 Å². The third kappa shape index (κ3) is 4.57. The number of halogens is 1. The fourth-order valence-corrected chi connectivity index (χ4v) is 1.85. The van der Waals surface area contributed by atoms with E-state index in [1.807, 2.05) is 31.3 Å². The van der Waals surface area contributed by atoms with Gasteiger partial charge in [0.25, 0.3) is 5.91 Å². The van der Waals surface area contributed by atoms with Crippen LogP contribution in [-0.2, 0) is 11.3 Å². The van der Waals surface area contributed by atoms with E-state index in [9.17, 15) is 9.18 Å². The molecule has 21 heavy (non-hydrogen) atoms. The van der Waals surface area contributed by atoms with Crippen LogP contribution in [0.2, 0.25) is 0 Å². The first-order chi connectivity index (χ1) is 10.2. The summed E-state index contributed by atoms with van der Waals surface area (Å²) in [6.07, 6.45) is 0. The highest BCUT2D eigenvalue weighted by atomic mass is 19.1. The van der Waals surface area contributed by atoms with Gasteiger partial charge in [0.05, 0.1) is 0 Å². The SMILES string of the molecule is CNCc1ccccc1OCC(=O)Nc1ccc(F)cc1. The van der Waals surface area contributed by atoms with Gasteiger partial charge >= 0.3 is 0 Å². The van der Waals surface area contributed by atoms with Gasteiger partial charge in [-0.25, -0.2) is 4.39 Å². The molecule has 0 heterocycles. The number of carbonyl (C=O) groups is 1. The Bertz CT molecular complexity index is 599. The Balaban J connectivity index is 1.90. The van der Waals surface area contributed by atoms with E-state index in [1.165, 1.54) is 24.3 Å². The molecule has 2 aromatic rings. The molecular weight excluding hydrogens is 271 g/mol. The largest absolute Gasteiger partial charge is 0.483 e. The van der Waals surface area contributed by atoms with E-state index in [0.29, 0.717) is 18.0 Å². The Labute approximate surface area is 122 Å². The van der Waals surface area contributed by atoms with Gasteiger partial charge in [0.1, 0.15) is 11.6 Å². The Kier molecular flexibility index (Phi) is 5.29. The molecule has 0 bridgehead atoms. The first kappa shape index (κ1) is 15.0. The van der Waals surface area contributed by atoms with Crippen molar-refractivity contribution >= 4 is 11.6 Å². The third-order valence-corrected chi connectivity index (χ3v) is 2.83. The summed E-state index contributed by atoms with van der Waals surface area (Å²) in [5, 5.41) is 5.69. The minimum atomic E-state index is -0.342. The zero-order chi connectivity index (χ0) is 15.1. The summed E-state index contributed by atoms with van der Waals surface area (Å²) in [6.45, 7) is 0.563. The van der Waals surface area contributed by atoms with E-state index in [2.05, 4.69) is 10.6 Å². The molecule has 0 fully saturated rings. The monoisotopic (exact) mass is 288 g/mol. The zero-order valence-electron chi connectivity index (χ0n) is 11.7. The standard InChI is InChI=1S/C16H17FN2O2/c1-18-10-12-4-2-3-5-15(12)21-11-16(20)19-14-8-6-13(17)7-9-14/h2-9,18H,10-11H2,1H3,(H,19,20). The summed E-state index contributed by atoms with van der Waals surface area (Å²) in [6, 6.07) is 13.1. The minimum Gasteiger partial charge on any atom is -0.483 e. The van der Waals surface area contributed by atoms with Crippen molar-refractivity contribution in [2.75, 3.05) is 19.0 Å². The van der Waals surface area contributed by atoms with Crippen molar-refractivity contribution in [2.24, 2.45) is 0 Å². The van der Waals surface area contributed by atoms with E-state index < -0.39 is 0 Å². The van der Waals surface area contributed by atoms with Crippen molar-refractivity contribution in [1.29, 1.82) is 0 Å². The molecule has 0 atom stereocenters. The number of hydrogen-bond donors (Lipinski definition) is 2. The predicted octanol–water partition coefficient (Wildman–Crippen LogP) is 2.56. The average Bonchev–Trinajstić information content (AvgIpc) is 2.49. The van der Waals surface area contributed by atoms with Gasteiger partial charge in [-0.1, -0.05) is 18.2 Å². The zero-order valence-corrected chi connectivity index (χ0v) is 11.7. The maximum Gasteiger partial charge on any atom is 0.262 e. The molecule has 0 aliphatic carbocycles. The summed E-state index contributed by atoms with van der Waals surface area (Å²) in [5.74, 6) is 0.0345. The van der Waals surface area contributed by atoms with Crippen LogP contribution in [-0.4, -0.2) is 19.6 Å². The van der Waals surface area contributed by atoms with E-state index in [0.717, 1.165) is 5.56 Å². The van der Waals surface area contributed by atoms with Gasteiger partial charge in [0.2, 0.25) is 0 Å². The second-order valence-corrected chi connectivity index (χ2v) is 4.48. The highest BCUT2D eigenvalue weighted by molar-refractivity contribution is 5.91. The van der Waals surface area contributed by atoms with E-state index >= 15 is 0 Å². The van der Waals surface area contributed by atoms with E-state index in [-0.39, 0.29) is 18.3 Å². The lowest BCUT2D eigenvalue weighted by Gasteiger charge is -2.11. The molecule has 0 radical (unpaired) electrons. The van der Waals surface area contributed by atoms with Crippen molar-refractivity contribution < 1.29 is 13.9 Å². The van der Waals surface area contributed by atoms with Crippen LogP contribution in [0.25, 0.3) is 0 Å². The molecule has 0 saturated heterocycles. The number of rotatable bonds is 6. The molecule has 0 aromatic heterocycles. The van der Waals surface area contributed by atoms with Gasteiger partial charge in [0, 0.05) is 17.8 Å². The summed E-state index contributed by atoms with van der Waals surface area (Å²) in [7, 11) is 1.85. The van der Waals surface area contributed by atoms with Crippen molar-refractivity contribution in [2.45, 2.75) is 6.54 Å². The molecule has 2 N–H and O–H groups in total. The van der Waals surface area contributed by atoms with Crippen molar-refractivity contribution in [1.82, 2.24) is 5.32 Å². The first-order valence-electron chi connectivity index (χ1n) is 6.60. The molecule has 0 saturated carbocycles. The van der Waals surface area contributed by atoms with Crippen LogP contribution in [0, 0.1) is 5.82 Å². The molecule has 5 heteroatoms. The molecule has 2 aromatic carbocycles. The van der Waals surface area contributed by atoms with E-state index in [1.54, 1.807) is 0 Å². The van der Waals surface area contributed by atoms with Crippen LogP contribution in [0.4, 0.5) is 10.1 Å². The summed E-state index contributed by atoms with van der Waals surface area (Å²) >= 11 is 0. The molecule has 110 valence electrons. The van der Waals surface area contributed by atoms with Gasteiger partial charge in [0.15, 0.2) is 6.61 Å². The van der Waals surface area contributed by atoms with Crippen LogP contribution in [0.1, 0.15) is 5.56 Å². The highest BCUT2D eigenvalue weighted by Gasteiger charge is 2.06. The van der Waals surface area contributed by atoms with Gasteiger partial charge in [-0.2, -0.15) is 0 Å². The number of amides is 1. The number of para-hydroxylation sites is 1. The molecule has 0 spiro atoms. The fourth-order valence-electron chi connectivity index (χ4n) is 1.85. The lowest BCUT2D eigenvalue weighted by atomic mass is 10.2. The number of hydrogen-bond acceptors (Lipinski definition) is 3. The Morgan fingerprint density at radius 2 is 1.86 bits per heavy atom. The molecule has 0 aliphatic rings. The normalized spacial score (nSPS) is 10.2. The third-order valence-electron chi connectivity index (χ3n) is 2.83. The summed E-state index contributed by atoms with van der Waals surface area (Å²) in [4.78, 5) is 11.8. The molecule has 0 aliphatic heterocycles. The highest BCUT2D eigenvalue weighted by Crippen LogP contribution is 2.17. The Hall–Kier alpha value is -2.40. The second kappa shape index (κ2) is 7.40. The van der Waals surface area contributed by atoms with Gasteiger partial charge in [-0.3, -0.25) is 4.79 Å². The average molecular weight is 288 g/mol. The fraction of sp³-hybridized carbons (Fsp3) is 0.188. The summed E-state index contributed by atoms with van der Waals surface area (Å²) < 4.78 is 18.3. The van der Waals surface area contributed by atoms with Crippen molar-refractivity contribution in [3.8, 4) is 5.75 Å². The topological polar surface area (TPSA) is 50.4 Å². The van der Waals surface area contributed by atoms with Gasteiger partial charge < -0.3 is 15.4 Å². The molecule has 2 rings (SSSR count). The molecule has 4 nitrogen and oxygen atoms in total. The number of anilines is 1. The maximum atomic E-state index is 12.8. The minimum absolute atomic E-state index is 0.0991. The quantitative estimate of drug-likeness (QED) is 0.859. The second-order valence-electron chi connectivity index (χ2n) is 4.48. The van der Waals surface area contributed by atoms with Crippen LogP contribution in [0.15, 0.2) is 48.5 Å². The number of carbonyl (C=O) groups excluding carboxylic acids is 1. The van der Waals surface area contributed by atoms with Crippen LogP contribution < -0.4 is 15.4 Å². The van der Waals surface area contributed by atoms with Crippen LogP contribution >= 0.6 is 0 Å². The van der Waals surface area contributed by atoms with E-state index in [4.69, 9.17) is 4.74 Å². The number of nitrogens with one attached hydrogen (secondary N) is 2. The predicted molar refractivity (Wildman–Crippen MR) is 79.7 cm³/mol. The number of benzene rings is 2. The van der Waals surface area contributed by atoms with Crippen LogP contribution in [0.5, 0.6) is 5.75 Å². The molecule has 1 amide bonds. The summed E-state index contributed by atoms with van der Waals surface area (Å²) in [5.41, 5.74) is 1.52. The Morgan fingerprint density at radius 3 is 2.57 bits per heavy atom. The molecule has 0 unspecified atom stereocenters. The van der Waals surface area contributed by atoms with Gasteiger partial charge in [-0.15, -0.1) is 0 Å². The Morgan fingerprint density at radius 1 is 1.14 bits per heavy atom. The van der Waals surface area contributed by atoms with Crippen LogP contribution in [0.3, 0.4) is 0 Å². The first-order valence-corrected chi connectivity index (χ1v) is 6.60. The lowest BCUT2D eigenvalue weighted by Crippen LogP contribution is -2.20.